The van der Waals surface area contributed by atoms with Gasteiger partial charge in [-0.3, -0.25) is 4.79 Å². The van der Waals surface area contributed by atoms with Crippen molar-refractivity contribution in [3.63, 3.8) is 0 Å². The van der Waals surface area contributed by atoms with Crippen molar-refractivity contribution >= 4 is 5.78 Å². The number of Topliss-reactive ketones (excluding diaryl/α,β-unsaturated/α-hetero) is 1. The van der Waals surface area contributed by atoms with E-state index in [2.05, 4.69) is 4.98 Å². The lowest BCUT2D eigenvalue weighted by molar-refractivity contribution is 0.101. The van der Waals surface area contributed by atoms with Crippen molar-refractivity contribution in [2.75, 3.05) is 0 Å². The van der Waals surface area contributed by atoms with E-state index >= 15 is 0 Å². The predicted octanol–water partition coefficient (Wildman–Crippen LogP) is 2.54. The number of oxazole rings is 1. The van der Waals surface area contributed by atoms with Crippen molar-refractivity contribution in [1.29, 1.82) is 0 Å². The normalized spacial score (nSPS) is 10.1. The largest absolute Gasteiger partial charge is 0.451 e. The van der Waals surface area contributed by atoms with Crippen LogP contribution in [0.1, 0.15) is 17.3 Å². The van der Waals surface area contributed by atoms with Gasteiger partial charge in [0.05, 0.1) is 0 Å². The topological polar surface area (TPSA) is 43.1 Å². The molecule has 0 aliphatic carbocycles. The highest BCUT2D eigenvalue weighted by Gasteiger charge is 2.03. The van der Waals surface area contributed by atoms with Gasteiger partial charge in [-0.05, 0) is 13.0 Å². The van der Waals surface area contributed by atoms with Crippen LogP contribution in [-0.2, 0) is 0 Å². The molecule has 0 amide bonds. The Labute approximate surface area is 81.4 Å². The molecule has 1 heterocycles. The Hall–Kier alpha value is -1.90. The summed E-state index contributed by atoms with van der Waals surface area (Å²) in [5.74, 6) is 0.0512. The van der Waals surface area contributed by atoms with Crippen molar-refractivity contribution in [3.8, 4) is 11.3 Å². The van der Waals surface area contributed by atoms with Gasteiger partial charge in [0, 0.05) is 11.1 Å². The van der Waals surface area contributed by atoms with E-state index in [1.54, 1.807) is 25.3 Å². The van der Waals surface area contributed by atoms with Crippen molar-refractivity contribution in [2.24, 2.45) is 0 Å². The molecule has 0 radical (unpaired) electrons. The highest BCUT2D eigenvalue weighted by Crippen LogP contribution is 2.18. The predicted molar refractivity (Wildman–Crippen MR) is 51.9 cm³/mol. The smallest absolute Gasteiger partial charge is 0.181 e. The Bertz CT molecular complexity index is 446. The second kappa shape index (κ2) is 3.46. The summed E-state index contributed by atoms with van der Waals surface area (Å²) < 4.78 is 4.87. The first-order valence-corrected chi connectivity index (χ1v) is 4.27. The minimum Gasteiger partial charge on any atom is -0.451 e. The first kappa shape index (κ1) is 8.69. The van der Waals surface area contributed by atoms with Crippen LogP contribution in [0.2, 0.25) is 0 Å². The van der Waals surface area contributed by atoms with Crippen molar-refractivity contribution in [1.82, 2.24) is 4.98 Å². The molecule has 1 aromatic carbocycles. The molecule has 2 rings (SSSR count). The van der Waals surface area contributed by atoms with E-state index in [0.29, 0.717) is 5.56 Å². The third-order valence-electron chi connectivity index (χ3n) is 2.00. The maximum atomic E-state index is 11.1. The molecular weight excluding hydrogens is 178 g/mol. The lowest BCUT2D eigenvalue weighted by Gasteiger charge is -1.98. The van der Waals surface area contributed by atoms with E-state index in [0.717, 1.165) is 11.3 Å². The minimum absolute atomic E-state index is 0.0512. The van der Waals surface area contributed by atoms with E-state index in [1.807, 2.05) is 12.1 Å². The second-order valence-electron chi connectivity index (χ2n) is 3.01. The Morgan fingerprint density at radius 1 is 1.43 bits per heavy atom. The number of ketones is 1. The van der Waals surface area contributed by atoms with Gasteiger partial charge in [0.25, 0.3) is 0 Å². The molecule has 1 aromatic heterocycles. The molecule has 0 atom stereocenters. The third kappa shape index (κ3) is 1.57. The molecular formula is C11H9NO2. The zero-order valence-corrected chi connectivity index (χ0v) is 7.73. The van der Waals surface area contributed by atoms with Crippen LogP contribution in [0.25, 0.3) is 11.3 Å². The second-order valence-corrected chi connectivity index (χ2v) is 3.01. The molecule has 0 unspecified atom stereocenters. The van der Waals surface area contributed by atoms with Crippen LogP contribution < -0.4 is 0 Å². The molecule has 0 aliphatic heterocycles. The number of benzene rings is 1. The molecule has 0 saturated carbocycles. The van der Waals surface area contributed by atoms with Crippen LogP contribution in [-0.4, -0.2) is 10.8 Å². The van der Waals surface area contributed by atoms with Gasteiger partial charge in [-0.2, -0.15) is 0 Å². The van der Waals surface area contributed by atoms with Crippen molar-refractivity contribution in [2.45, 2.75) is 6.92 Å². The van der Waals surface area contributed by atoms with E-state index in [4.69, 9.17) is 4.42 Å². The van der Waals surface area contributed by atoms with Crippen LogP contribution in [0.4, 0.5) is 0 Å². The van der Waals surface area contributed by atoms with E-state index in [9.17, 15) is 4.79 Å². The first-order chi connectivity index (χ1) is 6.77. The molecule has 2 aromatic rings. The van der Waals surface area contributed by atoms with Gasteiger partial charge in [0.1, 0.15) is 12.0 Å². The van der Waals surface area contributed by atoms with Crippen LogP contribution in [0, 0.1) is 0 Å². The van der Waals surface area contributed by atoms with E-state index in [-0.39, 0.29) is 5.78 Å². The van der Waals surface area contributed by atoms with Crippen LogP contribution in [0.15, 0.2) is 41.3 Å². The Morgan fingerprint density at radius 2 is 2.29 bits per heavy atom. The Morgan fingerprint density at radius 3 is 2.93 bits per heavy atom. The summed E-state index contributed by atoms with van der Waals surface area (Å²) in [4.78, 5) is 15.1. The molecule has 0 saturated heterocycles. The number of rotatable bonds is 2. The van der Waals surface area contributed by atoms with E-state index < -0.39 is 0 Å². The molecule has 0 aliphatic rings. The Balaban J connectivity index is 2.46. The van der Waals surface area contributed by atoms with Gasteiger partial charge in [0.2, 0.25) is 0 Å². The molecule has 0 N–H and O–H groups in total. The molecule has 0 bridgehead atoms. The number of aromatic nitrogens is 1. The molecule has 0 spiro atoms. The summed E-state index contributed by atoms with van der Waals surface area (Å²) in [5, 5.41) is 0. The lowest BCUT2D eigenvalue weighted by atomic mass is 10.1. The Kier molecular flexibility index (Phi) is 2.14. The number of hydrogen-bond acceptors (Lipinski definition) is 3. The summed E-state index contributed by atoms with van der Waals surface area (Å²) >= 11 is 0. The van der Waals surface area contributed by atoms with Gasteiger partial charge in [-0.25, -0.2) is 4.98 Å². The quantitative estimate of drug-likeness (QED) is 0.678. The molecule has 70 valence electrons. The van der Waals surface area contributed by atoms with E-state index in [1.165, 1.54) is 6.39 Å². The zero-order chi connectivity index (χ0) is 9.97. The first-order valence-electron chi connectivity index (χ1n) is 4.27. The molecule has 0 fully saturated rings. The SMILES string of the molecule is CC(=O)c1cccc(-c2cocn2)c1. The summed E-state index contributed by atoms with van der Waals surface area (Å²) in [6, 6.07) is 7.32. The van der Waals surface area contributed by atoms with Gasteiger partial charge >= 0.3 is 0 Å². The minimum atomic E-state index is 0.0512. The van der Waals surface area contributed by atoms with Crippen molar-refractivity contribution in [3.05, 3.63) is 42.5 Å². The monoisotopic (exact) mass is 187 g/mol. The average molecular weight is 187 g/mol. The maximum Gasteiger partial charge on any atom is 0.181 e. The fraction of sp³-hybridized carbons (Fsp3) is 0.0909. The lowest BCUT2D eigenvalue weighted by Crippen LogP contribution is -1.91. The molecule has 3 heteroatoms. The highest BCUT2D eigenvalue weighted by molar-refractivity contribution is 5.95. The summed E-state index contributed by atoms with van der Waals surface area (Å²) in [5.41, 5.74) is 2.32. The van der Waals surface area contributed by atoms with Gasteiger partial charge in [0.15, 0.2) is 12.2 Å². The summed E-state index contributed by atoms with van der Waals surface area (Å²) in [7, 11) is 0. The maximum absolute atomic E-state index is 11.1. The molecule has 14 heavy (non-hydrogen) atoms. The summed E-state index contributed by atoms with van der Waals surface area (Å²) in [6.45, 7) is 1.54. The number of nitrogens with zero attached hydrogens (tertiary/aromatic N) is 1. The van der Waals surface area contributed by atoms with Crippen LogP contribution in [0.5, 0.6) is 0 Å². The zero-order valence-electron chi connectivity index (χ0n) is 7.73. The van der Waals surface area contributed by atoms with Gasteiger partial charge in [-0.15, -0.1) is 0 Å². The van der Waals surface area contributed by atoms with Crippen LogP contribution >= 0.6 is 0 Å². The number of hydrogen-bond donors (Lipinski definition) is 0. The van der Waals surface area contributed by atoms with Crippen LogP contribution in [0.3, 0.4) is 0 Å². The van der Waals surface area contributed by atoms with Gasteiger partial charge in [-0.1, -0.05) is 18.2 Å². The number of carbonyl (C=O) groups excluding carboxylic acids is 1. The summed E-state index contributed by atoms with van der Waals surface area (Å²) in [6.07, 6.45) is 2.93. The fourth-order valence-electron chi connectivity index (χ4n) is 1.25. The highest BCUT2D eigenvalue weighted by atomic mass is 16.3. The van der Waals surface area contributed by atoms with Crippen molar-refractivity contribution < 1.29 is 9.21 Å². The molecule has 3 nitrogen and oxygen atoms in total. The van der Waals surface area contributed by atoms with Gasteiger partial charge < -0.3 is 4.42 Å². The average Bonchev–Trinajstić information content (AvgIpc) is 2.71. The standard InChI is InChI=1S/C11H9NO2/c1-8(13)9-3-2-4-10(5-9)11-6-14-7-12-11/h2-7H,1H3. The fourth-order valence-corrected chi connectivity index (χ4v) is 1.25. The third-order valence-corrected chi connectivity index (χ3v) is 2.00. The number of carbonyl (C=O) groups is 1.